The van der Waals surface area contributed by atoms with Gasteiger partial charge in [0.1, 0.15) is 0 Å². The molecule has 0 fully saturated rings. The molecule has 1 radical (unpaired) electrons. The van der Waals surface area contributed by atoms with Crippen molar-refractivity contribution in [2.75, 3.05) is 0 Å². The van der Waals surface area contributed by atoms with Crippen molar-refractivity contribution < 1.29 is 0 Å². The van der Waals surface area contributed by atoms with E-state index in [1.165, 1.54) is 77.0 Å². The number of hydrogen-bond acceptors (Lipinski definition) is 0. The molecule has 0 spiro atoms. The predicted molar refractivity (Wildman–Crippen MR) is 120 cm³/mol. The third kappa shape index (κ3) is 13.6. The molecule has 0 bridgehead atoms. The Balaban J connectivity index is 4.80. The Kier molecular flexibility index (Phi) is 18.8. The first-order valence-electron chi connectivity index (χ1n) is 12.0. The standard InChI is InChI=1S/3C8H17.Sn/c3*1-4-6-7-8(3)5-2;/h3*8H,3-7H2,1-2H3;. The zero-order valence-electron chi connectivity index (χ0n) is 18.8. The molecule has 0 aromatic rings. The topological polar surface area (TPSA) is 0 Å². The number of unbranched alkanes of at least 4 members (excludes halogenated alkanes) is 3. The first kappa shape index (κ1) is 25.8. The molecule has 0 N–H and O–H groups in total. The van der Waals surface area contributed by atoms with Crippen molar-refractivity contribution in [2.45, 2.75) is 132 Å². The maximum atomic E-state index is 2.46. The summed E-state index contributed by atoms with van der Waals surface area (Å²) in [6.45, 7) is 14.5. The summed E-state index contributed by atoms with van der Waals surface area (Å²) in [5, 5.41) is 0. The van der Waals surface area contributed by atoms with Crippen LogP contribution in [0.3, 0.4) is 0 Å². The summed E-state index contributed by atoms with van der Waals surface area (Å²) < 4.78 is 5.14. The van der Waals surface area contributed by atoms with E-state index in [2.05, 4.69) is 41.5 Å². The molecule has 0 saturated carbocycles. The molecule has 1 heteroatoms. The van der Waals surface area contributed by atoms with Crippen molar-refractivity contribution in [3.8, 4) is 0 Å². The van der Waals surface area contributed by atoms with Gasteiger partial charge in [0.05, 0.1) is 0 Å². The Morgan fingerprint density at radius 3 is 0.960 bits per heavy atom. The molecule has 25 heavy (non-hydrogen) atoms. The minimum absolute atomic E-state index is 1.07. The van der Waals surface area contributed by atoms with Crippen LogP contribution in [0.25, 0.3) is 0 Å². The summed E-state index contributed by atoms with van der Waals surface area (Å²) in [6, 6.07) is 0. The van der Waals surface area contributed by atoms with Gasteiger partial charge in [-0.05, 0) is 0 Å². The molecule has 0 aliphatic rings. The van der Waals surface area contributed by atoms with Gasteiger partial charge in [-0.15, -0.1) is 0 Å². The first-order chi connectivity index (χ1) is 12.1. The fraction of sp³-hybridized carbons (Fsp3) is 1.00. The molecular weight excluding hydrogens is 407 g/mol. The van der Waals surface area contributed by atoms with Crippen molar-refractivity contribution in [3.63, 3.8) is 0 Å². The van der Waals surface area contributed by atoms with Gasteiger partial charge in [-0.25, -0.2) is 0 Å². The van der Waals surface area contributed by atoms with E-state index in [0.717, 1.165) is 17.8 Å². The first-order valence-corrected chi connectivity index (χ1v) is 18.0. The van der Waals surface area contributed by atoms with Crippen LogP contribution >= 0.6 is 0 Å². The molecular formula is C24H51Sn. The molecule has 0 amide bonds. The van der Waals surface area contributed by atoms with Gasteiger partial charge in [-0.2, -0.15) is 0 Å². The zero-order valence-corrected chi connectivity index (χ0v) is 21.7. The van der Waals surface area contributed by atoms with Gasteiger partial charge >= 0.3 is 169 Å². The van der Waals surface area contributed by atoms with E-state index in [1.54, 1.807) is 13.3 Å². The fourth-order valence-corrected chi connectivity index (χ4v) is 16.9. The van der Waals surface area contributed by atoms with Crippen LogP contribution < -0.4 is 0 Å². The Hall–Kier alpha value is 0.799. The van der Waals surface area contributed by atoms with Crippen LogP contribution in [0.5, 0.6) is 0 Å². The average Bonchev–Trinajstić information content (AvgIpc) is 2.64. The molecule has 0 rings (SSSR count). The minimum atomic E-state index is -1.25. The molecule has 3 unspecified atom stereocenters. The van der Waals surface area contributed by atoms with Gasteiger partial charge < -0.3 is 0 Å². The second kappa shape index (κ2) is 18.2. The van der Waals surface area contributed by atoms with Crippen molar-refractivity contribution in [1.29, 1.82) is 0 Å². The van der Waals surface area contributed by atoms with Gasteiger partial charge in [0.2, 0.25) is 0 Å². The van der Waals surface area contributed by atoms with Gasteiger partial charge in [0.25, 0.3) is 0 Å². The summed E-state index contributed by atoms with van der Waals surface area (Å²) in [6.07, 6.45) is 17.5. The summed E-state index contributed by atoms with van der Waals surface area (Å²) in [4.78, 5) is 0. The van der Waals surface area contributed by atoms with Crippen molar-refractivity contribution in [2.24, 2.45) is 17.8 Å². The fourth-order valence-electron chi connectivity index (χ4n) is 4.30. The average molecular weight is 458 g/mol. The van der Waals surface area contributed by atoms with Crippen LogP contribution in [-0.2, 0) is 0 Å². The molecule has 0 aromatic carbocycles. The summed E-state index contributed by atoms with van der Waals surface area (Å²) in [5.41, 5.74) is 0. The monoisotopic (exact) mass is 459 g/mol. The zero-order chi connectivity index (χ0) is 18.9. The molecule has 0 saturated heterocycles. The number of hydrogen-bond donors (Lipinski definition) is 0. The molecule has 0 aliphatic carbocycles. The summed E-state index contributed by atoms with van der Waals surface area (Å²) in [7, 11) is 0. The molecule has 151 valence electrons. The van der Waals surface area contributed by atoms with Gasteiger partial charge in [0.15, 0.2) is 0 Å². The van der Waals surface area contributed by atoms with Crippen molar-refractivity contribution >= 4 is 19.8 Å². The van der Waals surface area contributed by atoms with E-state index in [9.17, 15) is 0 Å². The molecule has 0 nitrogen and oxygen atoms in total. The maximum absolute atomic E-state index is 2.46. The summed E-state index contributed by atoms with van der Waals surface area (Å²) in [5.74, 6) is 3.21. The van der Waals surface area contributed by atoms with Crippen LogP contribution in [-0.4, -0.2) is 19.8 Å². The Morgan fingerprint density at radius 1 is 0.480 bits per heavy atom. The van der Waals surface area contributed by atoms with Crippen LogP contribution in [0.2, 0.25) is 13.3 Å². The van der Waals surface area contributed by atoms with Gasteiger partial charge in [-0.3, -0.25) is 0 Å². The molecule has 0 aromatic heterocycles. The summed E-state index contributed by atoms with van der Waals surface area (Å²) >= 11 is -1.25. The third-order valence-corrected chi connectivity index (χ3v) is 16.2. The Bertz CT molecular complexity index is 220. The third-order valence-electron chi connectivity index (χ3n) is 6.36. The van der Waals surface area contributed by atoms with E-state index in [1.807, 2.05) is 0 Å². The number of rotatable bonds is 18. The second-order valence-electron chi connectivity index (χ2n) is 8.61. The normalized spacial score (nSPS) is 15.5. The van der Waals surface area contributed by atoms with Gasteiger partial charge in [-0.1, -0.05) is 0 Å². The molecule has 0 aliphatic heterocycles. The van der Waals surface area contributed by atoms with Crippen LogP contribution in [0.4, 0.5) is 0 Å². The van der Waals surface area contributed by atoms with Crippen LogP contribution in [0, 0.1) is 17.8 Å². The SMILES string of the molecule is CCCCC(CC)[CH2][Sn]([CH2]C(CC)CCCC)[CH2]C(CC)CCCC. The van der Waals surface area contributed by atoms with E-state index in [4.69, 9.17) is 0 Å². The quantitative estimate of drug-likeness (QED) is 0.180. The van der Waals surface area contributed by atoms with E-state index in [0.29, 0.717) is 0 Å². The predicted octanol–water partition coefficient (Wildman–Crippen LogP) is 9.13. The Morgan fingerprint density at radius 2 is 0.760 bits per heavy atom. The van der Waals surface area contributed by atoms with E-state index >= 15 is 0 Å². The molecule has 0 heterocycles. The van der Waals surface area contributed by atoms with Gasteiger partial charge in [0, 0.05) is 0 Å². The van der Waals surface area contributed by atoms with E-state index < -0.39 is 19.8 Å². The van der Waals surface area contributed by atoms with Crippen molar-refractivity contribution in [3.05, 3.63) is 0 Å². The van der Waals surface area contributed by atoms with Crippen LogP contribution in [0.15, 0.2) is 0 Å². The van der Waals surface area contributed by atoms with E-state index in [-0.39, 0.29) is 0 Å². The Labute approximate surface area is 169 Å². The van der Waals surface area contributed by atoms with Crippen molar-refractivity contribution in [1.82, 2.24) is 0 Å². The molecule has 3 atom stereocenters. The van der Waals surface area contributed by atoms with Crippen LogP contribution in [0.1, 0.15) is 119 Å². The second-order valence-corrected chi connectivity index (χ2v) is 16.4.